The molecule has 6 amide bonds. The third-order valence-corrected chi connectivity index (χ3v) is 10.4. The summed E-state index contributed by atoms with van der Waals surface area (Å²) in [6.07, 6.45) is 2.46. The summed E-state index contributed by atoms with van der Waals surface area (Å²) in [4.78, 5) is 82.2. The van der Waals surface area contributed by atoms with Crippen LogP contribution in [0.15, 0.2) is 84.4 Å². The molecule has 2 aromatic heterocycles. The van der Waals surface area contributed by atoms with Crippen molar-refractivity contribution in [3.8, 4) is 0 Å². The number of pyridine rings is 1. The lowest BCUT2D eigenvalue weighted by atomic mass is 10.0. The largest absolute Gasteiger partial charge is 0.352 e. The van der Waals surface area contributed by atoms with Crippen LogP contribution in [0, 0.1) is 6.92 Å². The van der Waals surface area contributed by atoms with E-state index in [1.807, 2.05) is 66.9 Å². The van der Waals surface area contributed by atoms with E-state index in [1.165, 1.54) is 22.4 Å². The Morgan fingerprint density at radius 2 is 1.76 bits per heavy atom. The molecule has 5 N–H and O–H groups in total. The van der Waals surface area contributed by atoms with Crippen molar-refractivity contribution in [2.24, 2.45) is 0 Å². The van der Waals surface area contributed by atoms with Crippen LogP contribution in [0.2, 0.25) is 0 Å². The Morgan fingerprint density at radius 3 is 2.59 bits per heavy atom. The predicted octanol–water partition coefficient (Wildman–Crippen LogP) is 5.19. The van der Waals surface area contributed by atoms with Gasteiger partial charge < -0.3 is 26.2 Å². The van der Waals surface area contributed by atoms with Gasteiger partial charge in [0.05, 0.1) is 16.8 Å². The van der Waals surface area contributed by atoms with Gasteiger partial charge in [-0.3, -0.25) is 34.1 Å². The lowest BCUT2D eigenvalue weighted by molar-refractivity contribution is -0.137. The van der Waals surface area contributed by atoms with Crippen molar-refractivity contribution in [1.82, 2.24) is 25.8 Å². The van der Waals surface area contributed by atoms with E-state index in [-0.39, 0.29) is 68.1 Å². The lowest BCUT2D eigenvalue weighted by Crippen LogP contribution is -2.52. The van der Waals surface area contributed by atoms with Gasteiger partial charge in [0.25, 0.3) is 17.7 Å². The number of fused-ring (bicyclic) bond motifs is 2. The van der Waals surface area contributed by atoms with Crippen LogP contribution in [0.5, 0.6) is 0 Å². The zero-order chi connectivity index (χ0) is 37.8. The number of imide groups is 1. The number of benzene rings is 3. The van der Waals surface area contributed by atoms with E-state index < -0.39 is 17.9 Å². The first-order valence-corrected chi connectivity index (χ1v) is 18.4. The lowest BCUT2D eigenvalue weighted by Gasteiger charge is -2.29. The molecule has 0 radical (unpaired) electrons. The van der Waals surface area contributed by atoms with Crippen LogP contribution in [0.4, 0.5) is 17.2 Å². The second-order valence-electron chi connectivity index (χ2n) is 13.2. The molecule has 4 heterocycles. The monoisotopic (exact) mass is 743 g/mol. The number of anilines is 3. The topological polar surface area (TPSA) is 179 Å². The van der Waals surface area contributed by atoms with E-state index in [1.54, 1.807) is 18.2 Å². The summed E-state index contributed by atoms with van der Waals surface area (Å²) < 4.78 is 0.988. The molecule has 0 saturated carbocycles. The van der Waals surface area contributed by atoms with E-state index >= 15 is 0 Å². The highest BCUT2D eigenvalue weighted by atomic mass is 32.1. The van der Waals surface area contributed by atoms with Gasteiger partial charge >= 0.3 is 0 Å². The summed E-state index contributed by atoms with van der Waals surface area (Å²) in [6.45, 7) is 2.68. The molecular formula is C40H37N7O6S. The number of aromatic nitrogens is 1. The van der Waals surface area contributed by atoms with Crippen LogP contribution in [0.25, 0.3) is 10.1 Å². The van der Waals surface area contributed by atoms with Crippen molar-refractivity contribution >= 4 is 74.1 Å². The van der Waals surface area contributed by atoms with Crippen molar-refractivity contribution in [2.45, 2.75) is 51.7 Å². The van der Waals surface area contributed by atoms with Crippen LogP contribution < -0.4 is 26.6 Å². The van der Waals surface area contributed by atoms with Crippen LogP contribution in [-0.4, -0.2) is 57.9 Å². The first kappa shape index (κ1) is 36.0. The predicted molar refractivity (Wildman–Crippen MR) is 204 cm³/mol. The Labute approximate surface area is 314 Å². The number of aryl methyl sites for hydroxylation is 1. The molecule has 5 aromatic rings. The molecule has 3 aromatic carbocycles. The third-order valence-electron chi connectivity index (χ3n) is 9.47. The molecule has 14 heteroatoms. The second kappa shape index (κ2) is 15.7. The van der Waals surface area contributed by atoms with Crippen LogP contribution in [0.1, 0.15) is 73.4 Å². The highest BCUT2D eigenvalue weighted by molar-refractivity contribution is 7.17. The van der Waals surface area contributed by atoms with E-state index in [0.717, 1.165) is 32.5 Å². The fourth-order valence-electron chi connectivity index (χ4n) is 6.55. The molecule has 274 valence electrons. The van der Waals surface area contributed by atoms with Gasteiger partial charge in [-0.25, -0.2) is 4.98 Å². The summed E-state index contributed by atoms with van der Waals surface area (Å²) in [5, 5.41) is 16.9. The minimum absolute atomic E-state index is 0.167. The highest BCUT2D eigenvalue weighted by Gasteiger charge is 2.39. The molecular weight excluding hydrogens is 707 g/mol. The van der Waals surface area contributed by atoms with E-state index in [9.17, 15) is 28.8 Å². The standard InChI is InChI=1S/C40H37N7O6S/c1-23-7-2-4-9-30(23)44-36-31(45-38(51)29-22-54-33-10-5-3-8-28(29)33)18-25(20-43-36)37(50)41-16-6-11-34(48)42-19-24-12-13-27-26(17-24)21-47(40(27)53)32-14-15-35(49)46-39(32)52/h2-5,7-10,12-13,17-18,20,22,32H,6,11,14-16,19,21H2,1H3,(H,41,50)(H,42,48)(H,43,44)(H,45,51)(H,46,49,52). The number of rotatable bonds is 12. The number of carbonyl (C=O) groups is 6. The number of para-hydroxylation sites is 1. The summed E-state index contributed by atoms with van der Waals surface area (Å²) in [7, 11) is 0. The van der Waals surface area contributed by atoms with Gasteiger partial charge in [-0.1, -0.05) is 48.5 Å². The molecule has 1 atom stereocenters. The minimum atomic E-state index is -0.691. The SMILES string of the molecule is Cc1ccccc1Nc1ncc(C(=O)NCCCC(=O)NCc2ccc3c(c2)CN(C2CCC(=O)NC2=O)C3=O)cc1NC(=O)c1csc2ccccc12. The van der Waals surface area contributed by atoms with Gasteiger partial charge in [0.15, 0.2) is 5.82 Å². The van der Waals surface area contributed by atoms with E-state index in [0.29, 0.717) is 29.1 Å². The Kier molecular flexibility index (Phi) is 10.4. The average molecular weight is 744 g/mol. The summed E-state index contributed by atoms with van der Waals surface area (Å²) in [6, 6.07) is 21.5. The Balaban J connectivity index is 0.927. The fraction of sp³-hybridized carbons (Fsp3) is 0.225. The van der Waals surface area contributed by atoms with Crippen molar-refractivity contribution in [3.63, 3.8) is 0 Å². The van der Waals surface area contributed by atoms with Crippen molar-refractivity contribution < 1.29 is 28.8 Å². The molecule has 13 nitrogen and oxygen atoms in total. The second-order valence-corrected chi connectivity index (χ2v) is 14.1. The molecule has 1 unspecified atom stereocenters. The third kappa shape index (κ3) is 7.83. The number of nitrogens with one attached hydrogen (secondary N) is 5. The molecule has 1 saturated heterocycles. The number of hydrogen-bond donors (Lipinski definition) is 5. The highest BCUT2D eigenvalue weighted by Crippen LogP contribution is 2.31. The molecule has 0 bridgehead atoms. The molecule has 54 heavy (non-hydrogen) atoms. The number of carbonyl (C=O) groups excluding carboxylic acids is 6. The average Bonchev–Trinajstić information content (AvgIpc) is 3.74. The quantitative estimate of drug-likeness (QED) is 0.0857. The van der Waals surface area contributed by atoms with Gasteiger partial charge in [0.1, 0.15) is 6.04 Å². The van der Waals surface area contributed by atoms with Crippen molar-refractivity contribution in [1.29, 1.82) is 0 Å². The van der Waals surface area contributed by atoms with Gasteiger partial charge in [0.2, 0.25) is 17.7 Å². The Hall–Kier alpha value is -6.41. The van der Waals surface area contributed by atoms with Crippen LogP contribution >= 0.6 is 11.3 Å². The van der Waals surface area contributed by atoms with Crippen molar-refractivity contribution in [3.05, 3.63) is 118 Å². The molecule has 2 aliphatic heterocycles. The van der Waals surface area contributed by atoms with Gasteiger partial charge in [-0.05, 0) is 60.7 Å². The van der Waals surface area contributed by atoms with Crippen LogP contribution in [-0.2, 0) is 27.5 Å². The Morgan fingerprint density at radius 1 is 0.944 bits per heavy atom. The molecule has 7 rings (SSSR count). The Bertz CT molecular complexity index is 2320. The fourth-order valence-corrected chi connectivity index (χ4v) is 7.49. The van der Waals surface area contributed by atoms with Crippen LogP contribution in [0.3, 0.4) is 0 Å². The molecule has 2 aliphatic rings. The van der Waals surface area contributed by atoms with E-state index in [4.69, 9.17) is 0 Å². The molecule has 1 fully saturated rings. The maximum atomic E-state index is 13.5. The van der Waals surface area contributed by atoms with Gasteiger partial charge in [0, 0.05) is 65.4 Å². The normalized spacial score (nSPS) is 15.1. The first-order chi connectivity index (χ1) is 26.1. The summed E-state index contributed by atoms with van der Waals surface area (Å²) in [5.41, 5.74) is 4.95. The maximum Gasteiger partial charge on any atom is 0.257 e. The van der Waals surface area contributed by atoms with E-state index in [2.05, 4.69) is 31.6 Å². The number of piperidine rings is 1. The zero-order valence-corrected chi connectivity index (χ0v) is 30.2. The summed E-state index contributed by atoms with van der Waals surface area (Å²) in [5.74, 6) is -1.61. The smallest absolute Gasteiger partial charge is 0.257 e. The molecule has 0 spiro atoms. The number of amides is 6. The van der Waals surface area contributed by atoms with Gasteiger partial charge in [-0.2, -0.15) is 0 Å². The van der Waals surface area contributed by atoms with Gasteiger partial charge in [-0.15, -0.1) is 11.3 Å². The zero-order valence-electron chi connectivity index (χ0n) is 29.4. The van der Waals surface area contributed by atoms with Crippen molar-refractivity contribution in [2.75, 3.05) is 17.2 Å². The number of thiophene rings is 1. The molecule has 0 aliphatic carbocycles. The maximum absolute atomic E-state index is 13.5. The first-order valence-electron chi connectivity index (χ1n) is 17.6. The minimum Gasteiger partial charge on any atom is -0.352 e. The summed E-state index contributed by atoms with van der Waals surface area (Å²) >= 11 is 1.48. The number of nitrogens with zero attached hydrogens (tertiary/aromatic N) is 2. The number of hydrogen-bond acceptors (Lipinski definition) is 9.